The lowest BCUT2D eigenvalue weighted by molar-refractivity contribution is 0.0979. The summed E-state index contributed by atoms with van der Waals surface area (Å²) in [5.74, 6) is 0.0438. The van der Waals surface area contributed by atoms with E-state index in [9.17, 15) is 4.79 Å². The molecule has 0 fully saturated rings. The number of aryl methyl sites for hydroxylation is 2. The molecule has 0 unspecified atom stereocenters. The van der Waals surface area contributed by atoms with Crippen molar-refractivity contribution in [2.24, 2.45) is 0 Å². The van der Waals surface area contributed by atoms with Gasteiger partial charge in [0.25, 0.3) is 5.91 Å². The van der Waals surface area contributed by atoms with Crippen molar-refractivity contribution in [2.75, 3.05) is 11.4 Å². The van der Waals surface area contributed by atoms with Crippen molar-refractivity contribution in [3.8, 4) is 0 Å². The summed E-state index contributed by atoms with van der Waals surface area (Å²) in [5.41, 5.74) is 2.83. The number of nitrogens with zero attached hydrogens (tertiary/aromatic N) is 2. The number of carbonyl (C=O) groups excluding carboxylic acids is 1. The minimum Gasteiger partial charge on any atom is -0.342 e. The highest BCUT2D eigenvalue weighted by atomic mass is 79.9. The summed E-state index contributed by atoms with van der Waals surface area (Å²) in [4.78, 5) is 14.7. The number of aromatic nitrogens is 1. The maximum atomic E-state index is 12.9. The Labute approximate surface area is 134 Å². The molecule has 0 N–H and O–H groups in total. The summed E-state index contributed by atoms with van der Waals surface area (Å²) >= 11 is 3.47. The van der Waals surface area contributed by atoms with Gasteiger partial charge in [0.15, 0.2) is 0 Å². The predicted octanol–water partition coefficient (Wildman–Crippen LogP) is 4.64. The van der Waals surface area contributed by atoms with Crippen LogP contribution in [-0.4, -0.2) is 17.0 Å². The van der Waals surface area contributed by atoms with Gasteiger partial charge >= 0.3 is 0 Å². The number of hydrogen-bond donors (Lipinski definition) is 0. The summed E-state index contributed by atoms with van der Waals surface area (Å²) in [6.07, 6.45) is 2.97. The Hall–Kier alpha value is -1.55. The summed E-state index contributed by atoms with van der Waals surface area (Å²) in [6.45, 7) is 7.65. The summed E-state index contributed by atoms with van der Waals surface area (Å²) in [5, 5.41) is 0. The van der Waals surface area contributed by atoms with Crippen LogP contribution in [-0.2, 0) is 6.54 Å². The normalized spacial score (nSPS) is 10.7. The fraction of sp³-hybridized carbons (Fsp3) is 0.353. The Morgan fingerprint density at radius 2 is 2.05 bits per heavy atom. The van der Waals surface area contributed by atoms with Crippen molar-refractivity contribution >= 4 is 27.5 Å². The number of anilines is 1. The Kier molecular flexibility index (Phi) is 5.23. The van der Waals surface area contributed by atoms with Gasteiger partial charge in [-0.3, -0.25) is 4.79 Å². The second-order valence-corrected chi connectivity index (χ2v) is 6.04. The number of amides is 1. The predicted molar refractivity (Wildman–Crippen MR) is 91.0 cm³/mol. The number of benzene rings is 1. The quantitative estimate of drug-likeness (QED) is 0.772. The third-order valence-corrected chi connectivity index (χ3v) is 3.86. The first kappa shape index (κ1) is 15.8. The third kappa shape index (κ3) is 3.56. The molecule has 0 spiro atoms. The van der Waals surface area contributed by atoms with Crippen molar-refractivity contribution < 1.29 is 4.79 Å². The van der Waals surface area contributed by atoms with Crippen LogP contribution in [0.15, 0.2) is 41.0 Å². The minimum absolute atomic E-state index is 0.0438. The SMILES string of the molecule is CCCn1cc(Br)cc1C(=O)N(CC)c1cccc(C)c1. The molecule has 0 atom stereocenters. The highest BCUT2D eigenvalue weighted by molar-refractivity contribution is 9.10. The molecule has 1 amide bonds. The smallest absolute Gasteiger partial charge is 0.274 e. The molecule has 1 heterocycles. The van der Waals surface area contributed by atoms with Crippen molar-refractivity contribution in [1.82, 2.24) is 4.57 Å². The van der Waals surface area contributed by atoms with Crippen LogP contribution < -0.4 is 4.90 Å². The molecule has 4 heteroatoms. The van der Waals surface area contributed by atoms with Crippen LogP contribution in [0.25, 0.3) is 0 Å². The second-order valence-electron chi connectivity index (χ2n) is 5.13. The van der Waals surface area contributed by atoms with Gasteiger partial charge in [-0.15, -0.1) is 0 Å². The molecule has 0 aliphatic rings. The molecular weight excluding hydrogens is 328 g/mol. The number of hydrogen-bond acceptors (Lipinski definition) is 1. The molecule has 1 aromatic heterocycles. The molecule has 21 heavy (non-hydrogen) atoms. The van der Waals surface area contributed by atoms with E-state index < -0.39 is 0 Å². The molecule has 0 radical (unpaired) electrons. The van der Waals surface area contributed by atoms with Gasteiger partial charge in [0.05, 0.1) is 0 Å². The van der Waals surface area contributed by atoms with E-state index in [1.54, 1.807) is 0 Å². The maximum absolute atomic E-state index is 12.9. The fourth-order valence-corrected chi connectivity index (χ4v) is 2.92. The van der Waals surface area contributed by atoms with E-state index in [1.807, 2.05) is 59.8 Å². The van der Waals surface area contributed by atoms with E-state index in [1.165, 1.54) is 0 Å². The summed E-state index contributed by atoms with van der Waals surface area (Å²) in [7, 11) is 0. The molecule has 2 rings (SSSR count). The Morgan fingerprint density at radius 1 is 1.29 bits per heavy atom. The van der Waals surface area contributed by atoms with Crippen LogP contribution in [0.3, 0.4) is 0 Å². The molecule has 0 aliphatic carbocycles. The third-order valence-electron chi connectivity index (χ3n) is 3.42. The number of carbonyl (C=O) groups is 1. The molecular formula is C17H21BrN2O. The van der Waals surface area contributed by atoms with Crippen LogP contribution in [0.4, 0.5) is 5.69 Å². The summed E-state index contributed by atoms with van der Waals surface area (Å²) in [6, 6.07) is 9.95. The van der Waals surface area contributed by atoms with Crippen LogP contribution in [0.2, 0.25) is 0 Å². The van der Waals surface area contributed by atoms with Gasteiger partial charge in [-0.1, -0.05) is 19.1 Å². The molecule has 0 aliphatic heterocycles. The zero-order chi connectivity index (χ0) is 15.4. The van der Waals surface area contributed by atoms with Gasteiger partial charge in [-0.25, -0.2) is 0 Å². The molecule has 0 saturated heterocycles. The van der Waals surface area contributed by atoms with Gasteiger partial charge in [0.1, 0.15) is 5.69 Å². The molecule has 1 aromatic carbocycles. The largest absolute Gasteiger partial charge is 0.342 e. The first-order valence-corrected chi connectivity index (χ1v) is 8.10. The van der Waals surface area contributed by atoms with Gasteiger partial charge < -0.3 is 9.47 Å². The van der Waals surface area contributed by atoms with Crippen molar-refractivity contribution in [3.05, 3.63) is 52.3 Å². The lowest BCUT2D eigenvalue weighted by Crippen LogP contribution is -2.32. The van der Waals surface area contributed by atoms with Crippen LogP contribution >= 0.6 is 15.9 Å². The van der Waals surface area contributed by atoms with Crippen molar-refractivity contribution in [1.29, 1.82) is 0 Å². The average molecular weight is 349 g/mol. The van der Waals surface area contributed by atoms with Gasteiger partial charge in [-0.05, 0) is 60.0 Å². The molecule has 112 valence electrons. The standard InChI is InChI=1S/C17H21BrN2O/c1-4-9-19-12-14(18)11-16(19)17(21)20(5-2)15-8-6-7-13(3)10-15/h6-8,10-12H,4-5,9H2,1-3H3. The second kappa shape index (κ2) is 6.94. The van der Waals surface area contributed by atoms with Crippen molar-refractivity contribution in [2.45, 2.75) is 33.7 Å². The highest BCUT2D eigenvalue weighted by Crippen LogP contribution is 2.22. The van der Waals surface area contributed by atoms with Gasteiger partial charge in [0.2, 0.25) is 0 Å². The van der Waals surface area contributed by atoms with Crippen LogP contribution in [0, 0.1) is 6.92 Å². The topological polar surface area (TPSA) is 25.2 Å². The van der Waals surface area contributed by atoms with E-state index in [0.29, 0.717) is 6.54 Å². The van der Waals surface area contributed by atoms with E-state index in [-0.39, 0.29) is 5.91 Å². The molecule has 0 saturated carbocycles. The number of rotatable bonds is 5. The average Bonchev–Trinajstić information content (AvgIpc) is 2.81. The number of halogens is 1. The van der Waals surface area contributed by atoms with Gasteiger partial charge in [0, 0.05) is 29.4 Å². The maximum Gasteiger partial charge on any atom is 0.274 e. The van der Waals surface area contributed by atoms with Crippen LogP contribution in [0.1, 0.15) is 36.3 Å². The minimum atomic E-state index is 0.0438. The summed E-state index contributed by atoms with van der Waals surface area (Å²) < 4.78 is 2.96. The van der Waals surface area contributed by atoms with E-state index >= 15 is 0 Å². The van der Waals surface area contributed by atoms with E-state index in [4.69, 9.17) is 0 Å². The van der Waals surface area contributed by atoms with E-state index in [2.05, 4.69) is 22.9 Å². The highest BCUT2D eigenvalue weighted by Gasteiger charge is 2.20. The molecule has 0 bridgehead atoms. The van der Waals surface area contributed by atoms with Crippen LogP contribution in [0.5, 0.6) is 0 Å². The first-order chi connectivity index (χ1) is 10.1. The van der Waals surface area contributed by atoms with Crippen molar-refractivity contribution in [3.63, 3.8) is 0 Å². The monoisotopic (exact) mass is 348 g/mol. The lowest BCUT2D eigenvalue weighted by Gasteiger charge is -2.22. The molecule has 2 aromatic rings. The Morgan fingerprint density at radius 3 is 2.67 bits per heavy atom. The van der Waals surface area contributed by atoms with E-state index in [0.717, 1.165) is 34.4 Å². The van der Waals surface area contributed by atoms with Gasteiger partial charge in [-0.2, -0.15) is 0 Å². The lowest BCUT2D eigenvalue weighted by atomic mass is 10.2. The fourth-order valence-electron chi connectivity index (χ4n) is 2.46. The zero-order valence-corrected chi connectivity index (χ0v) is 14.4. The first-order valence-electron chi connectivity index (χ1n) is 7.31. The Bertz CT molecular complexity index is 633. The zero-order valence-electron chi connectivity index (χ0n) is 12.8. The Balaban J connectivity index is 2.36. The molecule has 3 nitrogen and oxygen atoms in total.